The quantitative estimate of drug-likeness (QED) is 0.849. The number of nitrogens with zero attached hydrogens (tertiary/aromatic N) is 4. The van der Waals surface area contributed by atoms with Gasteiger partial charge in [0.15, 0.2) is 0 Å². The van der Waals surface area contributed by atoms with Gasteiger partial charge < -0.3 is 9.80 Å². The highest BCUT2D eigenvalue weighted by atomic mass is 32.1. The van der Waals surface area contributed by atoms with Crippen molar-refractivity contribution in [2.24, 2.45) is 11.3 Å². The van der Waals surface area contributed by atoms with E-state index in [2.05, 4.69) is 20.0 Å². The lowest BCUT2D eigenvalue weighted by Crippen LogP contribution is -2.45. The summed E-state index contributed by atoms with van der Waals surface area (Å²) in [4.78, 5) is 5.20. The van der Waals surface area contributed by atoms with Gasteiger partial charge in [-0.1, -0.05) is 11.3 Å². The highest BCUT2D eigenvalue weighted by molar-refractivity contribution is 7.13. The summed E-state index contributed by atoms with van der Waals surface area (Å²) >= 11 is 1.68. The van der Waals surface area contributed by atoms with Crippen LogP contribution in [0.2, 0.25) is 0 Å². The van der Waals surface area contributed by atoms with Crippen molar-refractivity contribution in [2.45, 2.75) is 32.1 Å². The molecule has 3 heterocycles. The lowest BCUT2D eigenvalue weighted by molar-refractivity contribution is 0.101. The molecule has 5 heteroatoms. The van der Waals surface area contributed by atoms with E-state index in [0.29, 0.717) is 5.41 Å². The summed E-state index contributed by atoms with van der Waals surface area (Å²) in [6, 6.07) is 0. The van der Waals surface area contributed by atoms with Crippen molar-refractivity contribution in [1.29, 1.82) is 0 Å². The zero-order valence-corrected chi connectivity index (χ0v) is 12.2. The van der Waals surface area contributed by atoms with E-state index in [0.717, 1.165) is 11.0 Å². The Morgan fingerprint density at radius 2 is 2.21 bits per heavy atom. The molecule has 0 N–H and O–H groups in total. The van der Waals surface area contributed by atoms with Crippen LogP contribution in [-0.4, -0.2) is 47.8 Å². The minimum absolute atomic E-state index is 0.540. The average Bonchev–Trinajstić information content (AvgIpc) is 2.93. The van der Waals surface area contributed by atoms with Crippen LogP contribution >= 0.6 is 11.3 Å². The largest absolute Gasteiger partial charge is 0.346 e. The summed E-state index contributed by atoms with van der Waals surface area (Å²) in [7, 11) is 0. The normalized spacial score (nSPS) is 32.3. The van der Waals surface area contributed by atoms with E-state index in [9.17, 15) is 0 Å². The lowest BCUT2D eigenvalue weighted by atomic mass is 9.79. The SMILES string of the molecule is c1nnc(N2CC[C@@]3(CCCN(CC4CC4)C3)C2)s1. The van der Waals surface area contributed by atoms with Crippen LogP contribution in [0.1, 0.15) is 32.1 Å². The van der Waals surface area contributed by atoms with Crippen molar-refractivity contribution in [3.05, 3.63) is 5.51 Å². The Kier molecular flexibility index (Phi) is 2.99. The summed E-state index contributed by atoms with van der Waals surface area (Å²) in [5, 5.41) is 9.34. The van der Waals surface area contributed by atoms with E-state index in [4.69, 9.17) is 0 Å². The third-order valence-electron chi connectivity index (χ3n) is 5.01. The molecule has 0 radical (unpaired) electrons. The third-order valence-corrected chi connectivity index (χ3v) is 5.76. The summed E-state index contributed by atoms with van der Waals surface area (Å²) in [6.45, 7) is 6.38. The van der Waals surface area contributed by atoms with Crippen LogP contribution in [0.3, 0.4) is 0 Å². The maximum Gasteiger partial charge on any atom is 0.208 e. The molecule has 1 atom stereocenters. The average molecular weight is 278 g/mol. The van der Waals surface area contributed by atoms with E-state index < -0.39 is 0 Å². The van der Waals surface area contributed by atoms with Gasteiger partial charge in [0.25, 0.3) is 0 Å². The monoisotopic (exact) mass is 278 g/mol. The number of hydrogen-bond acceptors (Lipinski definition) is 5. The Hall–Kier alpha value is -0.680. The second-order valence-corrected chi connectivity index (χ2v) is 7.49. The van der Waals surface area contributed by atoms with Gasteiger partial charge in [0.1, 0.15) is 5.51 Å². The first-order valence-electron chi connectivity index (χ1n) is 7.57. The van der Waals surface area contributed by atoms with Crippen molar-refractivity contribution in [3.8, 4) is 0 Å². The molecule has 19 heavy (non-hydrogen) atoms. The van der Waals surface area contributed by atoms with Gasteiger partial charge in [0, 0.05) is 31.6 Å². The van der Waals surface area contributed by atoms with Gasteiger partial charge in [-0.15, -0.1) is 10.2 Å². The first kappa shape index (κ1) is 12.1. The molecule has 2 saturated heterocycles. The first-order valence-corrected chi connectivity index (χ1v) is 8.44. The van der Waals surface area contributed by atoms with Crippen molar-refractivity contribution in [1.82, 2.24) is 15.1 Å². The van der Waals surface area contributed by atoms with E-state index in [1.54, 1.807) is 11.3 Å². The third kappa shape index (κ3) is 2.50. The molecule has 1 saturated carbocycles. The molecule has 3 fully saturated rings. The van der Waals surface area contributed by atoms with Crippen molar-refractivity contribution < 1.29 is 0 Å². The number of aromatic nitrogens is 2. The molecule has 3 aliphatic rings. The lowest BCUT2D eigenvalue weighted by Gasteiger charge is -2.40. The number of piperidine rings is 1. The molecule has 0 amide bonds. The molecule has 1 aromatic rings. The topological polar surface area (TPSA) is 32.3 Å². The second kappa shape index (κ2) is 4.70. The van der Waals surface area contributed by atoms with Crippen LogP contribution in [-0.2, 0) is 0 Å². The van der Waals surface area contributed by atoms with Gasteiger partial charge in [0.05, 0.1) is 0 Å². The molecule has 1 aromatic heterocycles. The van der Waals surface area contributed by atoms with E-state index in [1.165, 1.54) is 64.8 Å². The van der Waals surface area contributed by atoms with E-state index in [1.807, 2.05) is 5.51 Å². The predicted octanol–water partition coefficient (Wildman–Crippen LogP) is 2.24. The van der Waals surface area contributed by atoms with Gasteiger partial charge in [0.2, 0.25) is 5.13 Å². The highest BCUT2D eigenvalue weighted by Crippen LogP contribution is 2.42. The van der Waals surface area contributed by atoms with Crippen LogP contribution in [0.15, 0.2) is 5.51 Å². The molecule has 0 aromatic carbocycles. The number of rotatable bonds is 3. The minimum Gasteiger partial charge on any atom is -0.346 e. The number of anilines is 1. The van der Waals surface area contributed by atoms with Crippen LogP contribution in [0.5, 0.6) is 0 Å². The molecule has 1 aliphatic carbocycles. The fourth-order valence-corrected chi connectivity index (χ4v) is 4.46. The van der Waals surface area contributed by atoms with Gasteiger partial charge in [-0.25, -0.2) is 0 Å². The molecule has 104 valence electrons. The predicted molar refractivity (Wildman–Crippen MR) is 77.6 cm³/mol. The van der Waals surface area contributed by atoms with Gasteiger partial charge >= 0.3 is 0 Å². The molecular weight excluding hydrogens is 256 g/mol. The zero-order chi connectivity index (χ0) is 12.7. The van der Waals surface area contributed by atoms with E-state index in [-0.39, 0.29) is 0 Å². The molecule has 4 nitrogen and oxygen atoms in total. The van der Waals surface area contributed by atoms with Crippen molar-refractivity contribution >= 4 is 16.5 Å². The molecule has 0 bridgehead atoms. The minimum atomic E-state index is 0.540. The molecule has 0 unspecified atom stereocenters. The maximum atomic E-state index is 4.23. The van der Waals surface area contributed by atoms with Gasteiger partial charge in [-0.3, -0.25) is 0 Å². The number of likely N-dealkylation sites (tertiary alicyclic amines) is 1. The Morgan fingerprint density at radius 1 is 1.26 bits per heavy atom. The number of hydrogen-bond donors (Lipinski definition) is 0. The molecule has 1 spiro atoms. The Balaban J connectivity index is 1.42. The Labute approximate surface area is 118 Å². The van der Waals surface area contributed by atoms with E-state index >= 15 is 0 Å². The van der Waals surface area contributed by atoms with Crippen LogP contribution in [0.25, 0.3) is 0 Å². The smallest absolute Gasteiger partial charge is 0.208 e. The standard InChI is InChI=1S/C14H22N4S/c1-4-14(9-17(6-1)8-12-2-3-12)5-7-18(10-14)13-16-15-11-19-13/h11-12H,1-10H2/t14-/m1/s1. The summed E-state index contributed by atoms with van der Waals surface area (Å²) in [5.41, 5.74) is 2.39. The Bertz CT molecular complexity index is 431. The summed E-state index contributed by atoms with van der Waals surface area (Å²) < 4.78 is 0. The van der Waals surface area contributed by atoms with Gasteiger partial charge in [-0.2, -0.15) is 0 Å². The van der Waals surface area contributed by atoms with Crippen LogP contribution < -0.4 is 4.90 Å². The molecule has 2 aliphatic heterocycles. The van der Waals surface area contributed by atoms with Crippen LogP contribution in [0, 0.1) is 11.3 Å². The summed E-state index contributed by atoms with van der Waals surface area (Å²) in [5.74, 6) is 1.02. The Morgan fingerprint density at radius 3 is 3.00 bits per heavy atom. The first-order chi connectivity index (χ1) is 9.33. The maximum absolute atomic E-state index is 4.23. The summed E-state index contributed by atoms with van der Waals surface area (Å²) in [6.07, 6.45) is 7.08. The fourth-order valence-electron chi connectivity index (χ4n) is 3.87. The van der Waals surface area contributed by atoms with Gasteiger partial charge in [-0.05, 0) is 44.6 Å². The fraction of sp³-hybridized carbons (Fsp3) is 0.857. The zero-order valence-electron chi connectivity index (χ0n) is 11.4. The second-order valence-electron chi connectivity index (χ2n) is 6.67. The van der Waals surface area contributed by atoms with Crippen molar-refractivity contribution in [2.75, 3.05) is 37.6 Å². The van der Waals surface area contributed by atoms with Crippen LogP contribution in [0.4, 0.5) is 5.13 Å². The van der Waals surface area contributed by atoms with Crippen molar-refractivity contribution in [3.63, 3.8) is 0 Å². The highest BCUT2D eigenvalue weighted by Gasteiger charge is 2.42. The molecule has 4 rings (SSSR count). The molecular formula is C14H22N4S.